The van der Waals surface area contributed by atoms with Gasteiger partial charge in [0.15, 0.2) is 11.5 Å². The molecule has 1 atom stereocenters. The lowest BCUT2D eigenvalue weighted by Gasteiger charge is -2.27. The van der Waals surface area contributed by atoms with Crippen molar-refractivity contribution in [3.05, 3.63) is 65.4 Å². The molecular formula is C23H25NO6. The fourth-order valence-electron chi connectivity index (χ4n) is 3.45. The van der Waals surface area contributed by atoms with Crippen molar-refractivity contribution >= 4 is 11.7 Å². The number of nitrogens with zero attached hydrogens (tertiary/aromatic N) is 1. The summed E-state index contributed by atoms with van der Waals surface area (Å²) in [6.45, 7) is 2.09. The van der Waals surface area contributed by atoms with Crippen LogP contribution < -0.4 is 14.2 Å². The minimum absolute atomic E-state index is 0.111. The molecule has 7 heteroatoms. The van der Waals surface area contributed by atoms with Crippen LogP contribution in [-0.2, 0) is 9.59 Å². The molecule has 3 rings (SSSR count). The number of Topliss-reactive ketones (excluding diaryl/α,β-unsaturated/α-hetero) is 1. The first-order chi connectivity index (χ1) is 14.5. The smallest absolute Gasteiger partial charge is 0.290 e. The molecule has 2 aromatic carbocycles. The molecule has 30 heavy (non-hydrogen) atoms. The lowest BCUT2D eigenvalue weighted by molar-refractivity contribution is -0.129. The molecule has 1 aliphatic heterocycles. The summed E-state index contributed by atoms with van der Waals surface area (Å²) >= 11 is 0. The topological polar surface area (TPSA) is 85.3 Å². The van der Waals surface area contributed by atoms with Gasteiger partial charge in [0.25, 0.3) is 5.91 Å². The van der Waals surface area contributed by atoms with Crippen LogP contribution in [0.2, 0.25) is 0 Å². The summed E-state index contributed by atoms with van der Waals surface area (Å²) in [5.41, 5.74) is 0.799. The van der Waals surface area contributed by atoms with Crippen molar-refractivity contribution in [3.8, 4) is 17.2 Å². The van der Waals surface area contributed by atoms with Gasteiger partial charge in [-0.15, -0.1) is 0 Å². The van der Waals surface area contributed by atoms with Crippen LogP contribution in [0.15, 0.2) is 59.9 Å². The van der Waals surface area contributed by atoms with E-state index in [-0.39, 0.29) is 30.9 Å². The maximum Gasteiger partial charge on any atom is 0.290 e. The van der Waals surface area contributed by atoms with Gasteiger partial charge in [0, 0.05) is 6.42 Å². The van der Waals surface area contributed by atoms with Gasteiger partial charge in [-0.2, -0.15) is 0 Å². The Morgan fingerprint density at radius 3 is 2.33 bits per heavy atom. The second-order valence-electron chi connectivity index (χ2n) is 6.74. The van der Waals surface area contributed by atoms with E-state index < -0.39 is 17.7 Å². The molecule has 1 unspecified atom stereocenters. The number of ether oxygens (including phenoxy) is 3. The number of carbonyl (C=O) groups excluding carboxylic acids is 2. The van der Waals surface area contributed by atoms with Crippen LogP contribution in [0.3, 0.4) is 0 Å². The predicted octanol–water partition coefficient (Wildman–Crippen LogP) is 3.46. The number of rotatable bonds is 9. The Hall–Kier alpha value is -3.48. The van der Waals surface area contributed by atoms with Gasteiger partial charge in [-0.1, -0.05) is 19.1 Å². The van der Waals surface area contributed by atoms with Crippen molar-refractivity contribution < 1.29 is 28.9 Å². The first kappa shape index (κ1) is 21.2. The molecule has 0 saturated heterocycles. The number of hydrogen-bond acceptors (Lipinski definition) is 6. The predicted molar refractivity (Wildman–Crippen MR) is 111 cm³/mol. The van der Waals surface area contributed by atoms with E-state index in [1.807, 2.05) is 0 Å². The second-order valence-corrected chi connectivity index (χ2v) is 6.74. The summed E-state index contributed by atoms with van der Waals surface area (Å²) in [5.74, 6) is 0.586. The van der Waals surface area contributed by atoms with Crippen LogP contribution in [0.1, 0.15) is 24.9 Å². The number of hydrogen-bond donors (Lipinski definition) is 1. The molecule has 0 aliphatic carbocycles. The van der Waals surface area contributed by atoms with Crippen molar-refractivity contribution in [1.82, 2.24) is 4.90 Å². The third-order valence-electron chi connectivity index (χ3n) is 5.00. The monoisotopic (exact) mass is 411 g/mol. The van der Waals surface area contributed by atoms with Gasteiger partial charge < -0.3 is 24.2 Å². The summed E-state index contributed by atoms with van der Waals surface area (Å²) in [7, 11) is 3.13. The molecule has 1 N–H and O–H groups in total. The molecule has 0 radical (unpaired) electrons. The van der Waals surface area contributed by atoms with Crippen LogP contribution in [0.5, 0.6) is 17.2 Å². The quantitative estimate of drug-likeness (QED) is 0.680. The number of ketones is 1. The first-order valence-electron chi connectivity index (χ1n) is 9.68. The molecule has 1 aliphatic rings. The Balaban J connectivity index is 1.83. The minimum atomic E-state index is -0.695. The fraction of sp³-hybridized carbons (Fsp3) is 0.304. The Labute approximate surface area is 175 Å². The van der Waals surface area contributed by atoms with E-state index in [4.69, 9.17) is 14.2 Å². The van der Waals surface area contributed by atoms with E-state index in [9.17, 15) is 14.7 Å². The van der Waals surface area contributed by atoms with Crippen molar-refractivity contribution in [2.24, 2.45) is 0 Å². The largest absolute Gasteiger partial charge is 0.503 e. The van der Waals surface area contributed by atoms with E-state index in [0.29, 0.717) is 22.8 Å². The zero-order chi connectivity index (χ0) is 21.7. The van der Waals surface area contributed by atoms with Crippen LogP contribution >= 0.6 is 0 Å². The van der Waals surface area contributed by atoms with Crippen LogP contribution in [0, 0.1) is 0 Å². The van der Waals surface area contributed by atoms with Gasteiger partial charge in [-0.05, 0) is 42.0 Å². The summed E-state index contributed by atoms with van der Waals surface area (Å²) in [4.78, 5) is 26.8. The van der Waals surface area contributed by atoms with Gasteiger partial charge in [0.2, 0.25) is 0 Å². The van der Waals surface area contributed by atoms with Crippen molar-refractivity contribution in [3.63, 3.8) is 0 Å². The fourth-order valence-corrected chi connectivity index (χ4v) is 3.45. The highest BCUT2D eigenvalue weighted by Crippen LogP contribution is 2.39. The standard InChI is InChI=1S/C23H25NO6/c1-4-19(25)20-21(15-6-5-7-18(14-15)29-3)24(23(27)22(20)26)12-13-30-17-10-8-16(28-2)9-11-17/h5-11,14,21,26H,4,12-13H2,1-3H3. The molecule has 158 valence electrons. The molecular weight excluding hydrogens is 386 g/mol. The Morgan fingerprint density at radius 1 is 1.03 bits per heavy atom. The highest BCUT2D eigenvalue weighted by Gasteiger charge is 2.42. The molecule has 0 aromatic heterocycles. The van der Waals surface area contributed by atoms with Crippen LogP contribution in [0.4, 0.5) is 0 Å². The normalized spacial score (nSPS) is 16.0. The van der Waals surface area contributed by atoms with Crippen molar-refractivity contribution in [2.75, 3.05) is 27.4 Å². The Morgan fingerprint density at radius 2 is 1.70 bits per heavy atom. The third kappa shape index (κ3) is 4.25. The summed E-state index contributed by atoms with van der Waals surface area (Å²) in [5, 5.41) is 10.4. The number of benzene rings is 2. The molecule has 0 spiro atoms. The van der Waals surface area contributed by atoms with Crippen molar-refractivity contribution in [1.29, 1.82) is 0 Å². The average Bonchev–Trinajstić information content (AvgIpc) is 3.04. The lowest BCUT2D eigenvalue weighted by Crippen LogP contribution is -2.34. The summed E-state index contributed by atoms with van der Waals surface area (Å²) in [6.07, 6.45) is 0.184. The summed E-state index contributed by atoms with van der Waals surface area (Å²) in [6, 6.07) is 13.5. The van der Waals surface area contributed by atoms with E-state index in [1.54, 1.807) is 69.7 Å². The van der Waals surface area contributed by atoms with Gasteiger partial charge in [0.05, 0.1) is 32.4 Å². The van der Waals surface area contributed by atoms with Crippen LogP contribution in [0.25, 0.3) is 0 Å². The molecule has 0 fully saturated rings. The van der Waals surface area contributed by atoms with Gasteiger partial charge in [-0.3, -0.25) is 9.59 Å². The van der Waals surface area contributed by atoms with Gasteiger partial charge in [-0.25, -0.2) is 0 Å². The number of aliphatic hydroxyl groups is 1. The number of amides is 1. The van der Waals surface area contributed by atoms with Gasteiger partial charge in [0.1, 0.15) is 23.9 Å². The minimum Gasteiger partial charge on any atom is -0.503 e. The molecule has 0 bridgehead atoms. The number of methoxy groups -OCH3 is 2. The third-order valence-corrected chi connectivity index (χ3v) is 5.00. The summed E-state index contributed by atoms with van der Waals surface area (Å²) < 4.78 is 16.1. The van der Waals surface area contributed by atoms with E-state index in [2.05, 4.69) is 0 Å². The van der Waals surface area contributed by atoms with E-state index in [0.717, 1.165) is 0 Å². The van der Waals surface area contributed by atoms with Gasteiger partial charge >= 0.3 is 0 Å². The molecule has 7 nitrogen and oxygen atoms in total. The zero-order valence-electron chi connectivity index (χ0n) is 17.3. The first-order valence-corrected chi connectivity index (χ1v) is 9.68. The van der Waals surface area contributed by atoms with E-state index >= 15 is 0 Å². The van der Waals surface area contributed by atoms with E-state index in [1.165, 1.54) is 4.90 Å². The Bertz CT molecular complexity index is 950. The number of carbonyl (C=O) groups is 2. The number of aliphatic hydroxyl groups excluding tert-OH is 1. The second kappa shape index (κ2) is 9.35. The van der Waals surface area contributed by atoms with Crippen LogP contribution in [-0.4, -0.2) is 49.1 Å². The molecule has 1 amide bonds. The lowest BCUT2D eigenvalue weighted by atomic mass is 9.95. The van der Waals surface area contributed by atoms with Crippen molar-refractivity contribution in [2.45, 2.75) is 19.4 Å². The highest BCUT2D eigenvalue weighted by atomic mass is 16.5. The maximum absolute atomic E-state index is 12.8. The molecule has 1 heterocycles. The maximum atomic E-state index is 12.8. The molecule has 2 aromatic rings. The molecule has 0 saturated carbocycles. The highest BCUT2D eigenvalue weighted by molar-refractivity contribution is 6.08. The zero-order valence-corrected chi connectivity index (χ0v) is 17.3. The SMILES string of the molecule is CCC(=O)C1=C(O)C(=O)N(CCOc2ccc(OC)cc2)C1c1cccc(OC)c1. The average molecular weight is 411 g/mol. The Kier molecular flexibility index (Phi) is 6.61.